The van der Waals surface area contributed by atoms with Crippen molar-refractivity contribution in [3.63, 3.8) is 0 Å². The van der Waals surface area contributed by atoms with Crippen molar-refractivity contribution in [3.8, 4) is 0 Å². The molecule has 0 fully saturated rings. The standard InChI is InChI=1S/C9H8Cl2O/c10-6-3-5-1-2-8(12)9(5)7(11)4-6/h3-4,8,12H,1-2H2/t8-/m0/s1. The Hall–Kier alpha value is -0.240. The van der Waals surface area contributed by atoms with Crippen LogP contribution in [-0.4, -0.2) is 5.11 Å². The second-order valence-electron chi connectivity index (χ2n) is 3.01. The summed E-state index contributed by atoms with van der Waals surface area (Å²) in [7, 11) is 0. The molecular formula is C9H8Cl2O. The number of aryl methyl sites for hydroxylation is 1. The number of benzene rings is 1. The minimum atomic E-state index is -0.398. The molecule has 1 nitrogen and oxygen atoms in total. The summed E-state index contributed by atoms with van der Waals surface area (Å²) in [4.78, 5) is 0. The van der Waals surface area contributed by atoms with Gasteiger partial charge >= 0.3 is 0 Å². The van der Waals surface area contributed by atoms with Crippen molar-refractivity contribution in [3.05, 3.63) is 33.3 Å². The smallest absolute Gasteiger partial charge is 0.0810 e. The van der Waals surface area contributed by atoms with E-state index in [-0.39, 0.29) is 0 Å². The lowest BCUT2D eigenvalue weighted by atomic mass is 10.1. The third kappa shape index (κ3) is 1.22. The van der Waals surface area contributed by atoms with Gasteiger partial charge in [0.2, 0.25) is 0 Å². The number of fused-ring (bicyclic) bond motifs is 1. The highest BCUT2D eigenvalue weighted by Crippen LogP contribution is 2.38. The summed E-state index contributed by atoms with van der Waals surface area (Å²) in [6.07, 6.45) is 1.23. The molecule has 3 heteroatoms. The summed E-state index contributed by atoms with van der Waals surface area (Å²) in [6.45, 7) is 0. The van der Waals surface area contributed by atoms with Crippen molar-refractivity contribution in [2.75, 3.05) is 0 Å². The molecule has 0 heterocycles. The predicted molar refractivity (Wildman–Crippen MR) is 49.7 cm³/mol. The van der Waals surface area contributed by atoms with Gasteiger partial charge in [-0.3, -0.25) is 0 Å². The molecule has 1 atom stereocenters. The first-order valence-corrected chi connectivity index (χ1v) is 4.60. The first kappa shape index (κ1) is 8.36. The van der Waals surface area contributed by atoms with Gasteiger partial charge in [0.15, 0.2) is 0 Å². The fourth-order valence-corrected chi connectivity index (χ4v) is 2.32. The number of aliphatic hydroxyl groups is 1. The summed E-state index contributed by atoms with van der Waals surface area (Å²) in [6, 6.07) is 3.55. The highest BCUT2D eigenvalue weighted by Gasteiger charge is 2.23. The molecule has 1 aliphatic carbocycles. The van der Waals surface area contributed by atoms with E-state index in [9.17, 15) is 5.11 Å². The fraction of sp³-hybridized carbons (Fsp3) is 0.333. The van der Waals surface area contributed by atoms with Crippen molar-refractivity contribution in [1.29, 1.82) is 0 Å². The average molecular weight is 203 g/mol. The van der Waals surface area contributed by atoms with Gasteiger partial charge in [-0.1, -0.05) is 23.2 Å². The van der Waals surface area contributed by atoms with Crippen LogP contribution in [0.2, 0.25) is 10.0 Å². The molecule has 0 saturated carbocycles. The van der Waals surface area contributed by atoms with Gasteiger partial charge < -0.3 is 5.11 Å². The Morgan fingerprint density at radius 1 is 1.33 bits per heavy atom. The van der Waals surface area contributed by atoms with E-state index in [1.807, 2.05) is 6.07 Å². The molecule has 0 spiro atoms. The van der Waals surface area contributed by atoms with Gasteiger partial charge in [-0.05, 0) is 30.5 Å². The quantitative estimate of drug-likeness (QED) is 0.687. The maximum atomic E-state index is 9.53. The number of rotatable bonds is 0. The maximum absolute atomic E-state index is 9.53. The maximum Gasteiger partial charge on any atom is 0.0810 e. The Kier molecular flexibility index (Phi) is 2.03. The second-order valence-corrected chi connectivity index (χ2v) is 3.86. The lowest BCUT2D eigenvalue weighted by molar-refractivity contribution is 0.180. The largest absolute Gasteiger partial charge is 0.388 e. The van der Waals surface area contributed by atoms with Crippen molar-refractivity contribution in [2.24, 2.45) is 0 Å². The highest BCUT2D eigenvalue weighted by molar-refractivity contribution is 6.35. The molecule has 0 saturated heterocycles. The third-order valence-electron chi connectivity index (χ3n) is 2.20. The predicted octanol–water partition coefficient (Wildman–Crippen LogP) is 2.97. The highest BCUT2D eigenvalue weighted by atomic mass is 35.5. The molecule has 1 N–H and O–H groups in total. The van der Waals surface area contributed by atoms with Gasteiger partial charge in [0.25, 0.3) is 0 Å². The van der Waals surface area contributed by atoms with Crippen molar-refractivity contribution in [1.82, 2.24) is 0 Å². The molecule has 12 heavy (non-hydrogen) atoms. The van der Waals surface area contributed by atoms with Crippen molar-refractivity contribution in [2.45, 2.75) is 18.9 Å². The third-order valence-corrected chi connectivity index (χ3v) is 2.73. The van der Waals surface area contributed by atoms with Crippen LogP contribution in [0.5, 0.6) is 0 Å². The summed E-state index contributed by atoms with van der Waals surface area (Å²) in [5, 5.41) is 10.8. The minimum Gasteiger partial charge on any atom is -0.388 e. The normalized spacial score (nSPS) is 21.1. The zero-order valence-electron chi connectivity index (χ0n) is 6.35. The molecule has 2 rings (SSSR count). The van der Waals surface area contributed by atoms with E-state index < -0.39 is 6.10 Å². The van der Waals surface area contributed by atoms with E-state index in [2.05, 4.69) is 0 Å². The van der Waals surface area contributed by atoms with E-state index in [1.54, 1.807) is 6.07 Å². The molecule has 0 bridgehead atoms. The minimum absolute atomic E-state index is 0.398. The van der Waals surface area contributed by atoms with Crippen LogP contribution in [-0.2, 0) is 6.42 Å². The number of halogens is 2. The summed E-state index contributed by atoms with van der Waals surface area (Å²) in [5.41, 5.74) is 1.95. The van der Waals surface area contributed by atoms with Crippen LogP contribution in [0.1, 0.15) is 23.7 Å². The molecule has 0 radical (unpaired) electrons. The van der Waals surface area contributed by atoms with Crippen LogP contribution in [0.15, 0.2) is 12.1 Å². The second kappa shape index (κ2) is 2.91. The lowest BCUT2D eigenvalue weighted by Crippen LogP contribution is -1.91. The first-order valence-electron chi connectivity index (χ1n) is 3.84. The van der Waals surface area contributed by atoms with Gasteiger partial charge in [0.05, 0.1) is 6.10 Å². The first-order chi connectivity index (χ1) is 5.68. The van der Waals surface area contributed by atoms with Crippen LogP contribution in [0.4, 0.5) is 0 Å². The van der Waals surface area contributed by atoms with Crippen LogP contribution in [0.25, 0.3) is 0 Å². The fourth-order valence-electron chi connectivity index (χ4n) is 1.65. The Balaban J connectivity index is 2.60. The van der Waals surface area contributed by atoms with E-state index in [0.29, 0.717) is 10.0 Å². The number of aliphatic hydroxyl groups excluding tert-OH is 1. The lowest BCUT2D eigenvalue weighted by Gasteiger charge is -2.06. The molecule has 0 aromatic heterocycles. The molecule has 1 aromatic rings. The Bertz CT molecular complexity index is 323. The SMILES string of the molecule is O[C@H]1CCc2cc(Cl)cc(Cl)c21. The van der Waals surface area contributed by atoms with Crippen LogP contribution < -0.4 is 0 Å². The van der Waals surface area contributed by atoms with Crippen LogP contribution in [0.3, 0.4) is 0 Å². The van der Waals surface area contributed by atoms with E-state index >= 15 is 0 Å². The molecular weight excluding hydrogens is 195 g/mol. The average Bonchev–Trinajstić information content (AvgIpc) is 2.31. The van der Waals surface area contributed by atoms with Crippen molar-refractivity contribution < 1.29 is 5.11 Å². The zero-order chi connectivity index (χ0) is 8.72. The van der Waals surface area contributed by atoms with Crippen LogP contribution in [0, 0.1) is 0 Å². The van der Waals surface area contributed by atoms with E-state index in [4.69, 9.17) is 23.2 Å². The van der Waals surface area contributed by atoms with Gasteiger partial charge in [0, 0.05) is 15.6 Å². The van der Waals surface area contributed by atoms with Crippen LogP contribution >= 0.6 is 23.2 Å². The Morgan fingerprint density at radius 2 is 2.08 bits per heavy atom. The molecule has 0 aliphatic heterocycles. The number of hydrogen-bond acceptors (Lipinski definition) is 1. The van der Waals surface area contributed by atoms with Gasteiger partial charge in [0.1, 0.15) is 0 Å². The summed E-state index contributed by atoms with van der Waals surface area (Å²) < 4.78 is 0. The van der Waals surface area contributed by atoms with Gasteiger partial charge in [-0.15, -0.1) is 0 Å². The Labute approximate surface area is 80.9 Å². The molecule has 64 valence electrons. The van der Waals surface area contributed by atoms with E-state index in [0.717, 1.165) is 24.0 Å². The topological polar surface area (TPSA) is 20.2 Å². The molecule has 1 aliphatic rings. The monoisotopic (exact) mass is 202 g/mol. The molecule has 0 amide bonds. The van der Waals surface area contributed by atoms with Gasteiger partial charge in [-0.25, -0.2) is 0 Å². The van der Waals surface area contributed by atoms with Crippen molar-refractivity contribution >= 4 is 23.2 Å². The zero-order valence-corrected chi connectivity index (χ0v) is 7.86. The number of hydrogen-bond donors (Lipinski definition) is 1. The van der Waals surface area contributed by atoms with Gasteiger partial charge in [-0.2, -0.15) is 0 Å². The Morgan fingerprint density at radius 3 is 2.83 bits per heavy atom. The van der Waals surface area contributed by atoms with E-state index in [1.165, 1.54) is 0 Å². The molecule has 1 aromatic carbocycles. The summed E-state index contributed by atoms with van der Waals surface area (Å²) >= 11 is 11.7. The summed E-state index contributed by atoms with van der Waals surface area (Å²) in [5.74, 6) is 0. The molecule has 0 unspecified atom stereocenters.